The van der Waals surface area contributed by atoms with E-state index in [1.807, 2.05) is 18.2 Å². The fourth-order valence-electron chi connectivity index (χ4n) is 5.18. The van der Waals surface area contributed by atoms with Gasteiger partial charge in [0, 0.05) is 60.9 Å². The third-order valence-corrected chi connectivity index (χ3v) is 8.62. The van der Waals surface area contributed by atoms with Gasteiger partial charge in [-0.2, -0.15) is 0 Å². The molecule has 0 radical (unpaired) electrons. The summed E-state index contributed by atoms with van der Waals surface area (Å²) in [6.07, 6.45) is 4.11. The monoisotopic (exact) mass is 556 g/mol. The summed E-state index contributed by atoms with van der Waals surface area (Å²) in [7, 11) is -3.53. The Morgan fingerprint density at radius 3 is 2.46 bits per heavy atom. The van der Waals surface area contributed by atoms with Gasteiger partial charge in [0.25, 0.3) is 10.0 Å². The van der Waals surface area contributed by atoms with E-state index in [-0.39, 0.29) is 17.0 Å². The van der Waals surface area contributed by atoms with Crippen LogP contribution in [0.4, 0.5) is 24.7 Å². The molecule has 39 heavy (non-hydrogen) atoms. The maximum Gasteiger partial charge on any atom is 0.267 e. The number of fused-ring (bicyclic) bond motifs is 1. The van der Waals surface area contributed by atoms with Gasteiger partial charge in [-0.25, -0.2) is 36.5 Å². The van der Waals surface area contributed by atoms with Crippen LogP contribution in [0.5, 0.6) is 5.88 Å². The quantitative estimate of drug-likeness (QED) is 0.370. The molecule has 0 atom stereocenters. The third-order valence-electron chi connectivity index (χ3n) is 7.21. The predicted molar refractivity (Wildman–Crippen MR) is 139 cm³/mol. The first-order valence-corrected chi connectivity index (χ1v) is 13.6. The first-order valence-electron chi connectivity index (χ1n) is 12.1. The van der Waals surface area contributed by atoms with Crippen LogP contribution in [0.1, 0.15) is 6.42 Å². The van der Waals surface area contributed by atoms with Crippen molar-refractivity contribution in [2.75, 3.05) is 42.9 Å². The zero-order valence-electron chi connectivity index (χ0n) is 20.7. The van der Waals surface area contributed by atoms with Crippen LogP contribution in [0.15, 0.2) is 53.8 Å². The summed E-state index contributed by atoms with van der Waals surface area (Å²) in [4.78, 5) is 14.1. The molecule has 2 aliphatic heterocycles. The number of anilines is 2. The van der Waals surface area contributed by atoms with Crippen molar-refractivity contribution in [3.8, 4) is 17.0 Å². The molecule has 0 aliphatic carbocycles. The number of rotatable bonds is 6. The fourth-order valence-corrected chi connectivity index (χ4v) is 6.35. The van der Waals surface area contributed by atoms with Crippen LogP contribution >= 0.6 is 0 Å². The average Bonchev–Trinajstić information content (AvgIpc) is 3.33. The molecule has 2 aromatic heterocycles. The van der Waals surface area contributed by atoms with Gasteiger partial charge in [-0.1, -0.05) is 6.07 Å². The summed E-state index contributed by atoms with van der Waals surface area (Å²) >= 11 is 0. The number of nitrogens with one attached hydrogen (secondary N) is 2. The highest BCUT2D eigenvalue weighted by Crippen LogP contribution is 2.39. The molecule has 2 saturated heterocycles. The lowest BCUT2D eigenvalue weighted by molar-refractivity contribution is 0.199. The van der Waals surface area contributed by atoms with E-state index in [0.29, 0.717) is 23.3 Å². The Hall–Kier alpha value is -3.97. The van der Waals surface area contributed by atoms with E-state index in [4.69, 9.17) is 4.74 Å². The minimum atomic E-state index is -4.80. The lowest BCUT2D eigenvalue weighted by Crippen LogP contribution is -2.54. The number of sulfonamides is 1. The molecule has 6 rings (SSSR count). The normalized spacial score (nSPS) is 16.5. The molecular weight excluding hydrogens is 533 g/mol. The molecule has 9 nitrogen and oxygen atoms in total. The highest BCUT2D eigenvalue weighted by Gasteiger charge is 2.43. The van der Waals surface area contributed by atoms with Gasteiger partial charge >= 0.3 is 0 Å². The molecule has 0 amide bonds. The molecule has 4 aromatic rings. The molecule has 202 valence electrons. The highest BCUT2D eigenvalue weighted by molar-refractivity contribution is 7.92. The van der Waals surface area contributed by atoms with Crippen molar-refractivity contribution >= 4 is 32.4 Å². The SMILES string of the molecule is COc1ncc(-c2ccc3ncnc(N4CCC5(CNC5)C4)c3c2)cc1NS(=O)(=O)c1c(F)cc(F)cc1F. The second kappa shape index (κ2) is 9.35. The minimum absolute atomic E-state index is 0.119. The van der Waals surface area contributed by atoms with Gasteiger partial charge in [0.2, 0.25) is 5.88 Å². The van der Waals surface area contributed by atoms with Crippen molar-refractivity contribution in [2.45, 2.75) is 11.3 Å². The number of nitrogens with zero attached hydrogens (tertiary/aromatic N) is 4. The third kappa shape index (κ3) is 4.51. The van der Waals surface area contributed by atoms with Crippen LogP contribution in [0.2, 0.25) is 0 Å². The second-order valence-corrected chi connectivity index (χ2v) is 11.4. The van der Waals surface area contributed by atoms with Gasteiger partial charge in [0.15, 0.2) is 4.90 Å². The van der Waals surface area contributed by atoms with E-state index < -0.39 is 32.4 Å². The number of ether oxygens (including phenoxy) is 1. The highest BCUT2D eigenvalue weighted by atomic mass is 32.2. The molecular formula is C26H23F3N6O3S. The Bertz CT molecular complexity index is 1690. The van der Waals surface area contributed by atoms with Gasteiger partial charge in [-0.3, -0.25) is 4.72 Å². The zero-order chi connectivity index (χ0) is 27.4. The van der Waals surface area contributed by atoms with Crippen LogP contribution in [0, 0.1) is 22.9 Å². The van der Waals surface area contributed by atoms with Crippen molar-refractivity contribution in [2.24, 2.45) is 5.41 Å². The van der Waals surface area contributed by atoms with Crippen molar-refractivity contribution in [3.63, 3.8) is 0 Å². The molecule has 13 heteroatoms. The molecule has 2 N–H and O–H groups in total. The van der Waals surface area contributed by atoms with Crippen LogP contribution < -0.4 is 19.7 Å². The molecule has 2 aliphatic rings. The lowest BCUT2D eigenvalue weighted by atomic mass is 9.81. The molecule has 1 spiro atoms. The lowest BCUT2D eigenvalue weighted by Gasteiger charge is -2.39. The van der Waals surface area contributed by atoms with E-state index in [2.05, 4.69) is 29.9 Å². The maximum absolute atomic E-state index is 14.3. The number of hydrogen-bond donors (Lipinski definition) is 2. The van der Waals surface area contributed by atoms with Crippen LogP contribution in [0.25, 0.3) is 22.0 Å². The van der Waals surface area contributed by atoms with Crippen molar-refractivity contribution < 1.29 is 26.3 Å². The van der Waals surface area contributed by atoms with Crippen molar-refractivity contribution in [1.82, 2.24) is 20.3 Å². The first kappa shape index (κ1) is 25.3. The standard InChI is InChI=1S/C26H23F3N6O3S/c1-38-25-22(34-39(36,37)23-19(28)8-17(27)9-20(23)29)7-16(10-31-25)15-2-3-21-18(6-15)24(33-14-32-21)35-5-4-26(13-35)11-30-12-26/h2-3,6-10,14,30,34H,4-5,11-13H2,1H3. The van der Waals surface area contributed by atoms with Crippen molar-refractivity contribution in [1.29, 1.82) is 0 Å². The molecule has 4 heterocycles. The Morgan fingerprint density at radius 1 is 1.03 bits per heavy atom. The van der Waals surface area contributed by atoms with Gasteiger partial charge in [0.1, 0.15) is 35.3 Å². The van der Waals surface area contributed by atoms with Crippen LogP contribution in [-0.4, -0.2) is 56.7 Å². The number of benzene rings is 2. The van der Waals surface area contributed by atoms with E-state index in [1.165, 1.54) is 25.7 Å². The Labute approximate surface area is 222 Å². The van der Waals surface area contributed by atoms with Crippen molar-refractivity contribution in [3.05, 3.63) is 66.4 Å². The summed E-state index contributed by atoms with van der Waals surface area (Å²) < 4.78 is 74.9. The summed E-state index contributed by atoms with van der Waals surface area (Å²) in [6, 6.07) is 7.57. The largest absolute Gasteiger partial charge is 0.480 e. The van der Waals surface area contributed by atoms with Crippen LogP contribution in [0.3, 0.4) is 0 Å². The summed E-state index contributed by atoms with van der Waals surface area (Å²) in [5.74, 6) is -3.67. The molecule has 2 aromatic carbocycles. The zero-order valence-corrected chi connectivity index (χ0v) is 21.5. The Balaban J connectivity index is 1.37. The molecule has 0 bridgehead atoms. The van der Waals surface area contributed by atoms with Crippen LogP contribution in [-0.2, 0) is 10.0 Å². The Kier molecular flexibility index (Phi) is 6.07. The van der Waals surface area contributed by atoms with Gasteiger partial charge < -0.3 is 15.0 Å². The first-order chi connectivity index (χ1) is 18.7. The van der Waals surface area contributed by atoms with E-state index in [0.717, 1.165) is 49.3 Å². The number of halogens is 3. The number of methoxy groups -OCH3 is 1. The topological polar surface area (TPSA) is 109 Å². The smallest absolute Gasteiger partial charge is 0.267 e. The van der Waals surface area contributed by atoms with Gasteiger partial charge in [-0.05, 0) is 30.2 Å². The molecule has 2 fully saturated rings. The number of aromatic nitrogens is 3. The summed E-state index contributed by atoms with van der Waals surface area (Å²) in [5, 5.41) is 4.18. The fraction of sp³-hybridized carbons (Fsp3) is 0.269. The molecule has 0 saturated carbocycles. The van der Waals surface area contributed by atoms with E-state index >= 15 is 0 Å². The van der Waals surface area contributed by atoms with Gasteiger partial charge in [0.05, 0.1) is 12.6 Å². The summed E-state index contributed by atoms with van der Waals surface area (Å²) in [6.45, 7) is 3.74. The number of hydrogen-bond acceptors (Lipinski definition) is 8. The second-order valence-electron chi connectivity index (χ2n) is 9.79. The number of pyridine rings is 1. The van der Waals surface area contributed by atoms with E-state index in [9.17, 15) is 21.6 Å². The molecule has 0 unspecified atom stereocenters. The minimum Gasteiger partial charge on any atom is -0.480 e. The maximum atomic E-state index is 14.3. The average molecular weight is 557 g/mol. The van der Waals surface area contributed by atoms with Gasteiger partial charge in [-0.15, -0.1) is 0 Å². The Morgan fingerprint density at radius 2 is 1.79 bits per heavy atom. The predicted octanol–water partition coefficient (Wildman–Crippen LogP) is 3.72. The summed E-state index contributed by atoms with van der Waals surface area (Å²) in [5.41, 5.74) is 2.06. The van der Waals surface area contributed by atoms with E-state index in [1.54, 1.807) is 0 Å².